The monoisotopic (exact) mass is 289 g/mol. The van der Waals surface area contributed by atoms with Crippen molar-refractivity contribution in [1.29, 1.82) is 0 Å². The zero-order chi connectivity index (χ0) is 15.5. The largest absolute Gasteiger partial charge is 0.497 e. The predicted molar refractivity (Wildman–Crippen MR) is 88.1 cm³/mol. The Balaban J connectivity index is 2.08. The molecule has 0 radical (unpaired) electrons. The van der Waals surface area contributed by atoms with E-state index in [1.807, 2.05) is 6.07 Å². The van der Waals surface area contributed by atoms with Crippen molar-refractivity contribution in [3.05, 3.63) is 29.3 Å². The van der Waals surface area contributed by atoms with Crippen LogP contribution in [-0.2, 0) is 6.42 Å². The molecule has 116 valence electrons. The number of benzene rings is 1. The van der Waals surface area contributed by atoms with Gasteiger partial charge in [0.2, 0.25) is 0 Å². The number of hydrogen-bond donors (Lipinski definition) is 2. The number of nitrogens with two attached hydrogens (primary N) is 1. The zero-order valence-electron chi connectivity index (χ0n) is 13.6. The van der Waals surface area contributed by atoms with Crippen LogP contribution >= 0.6 is 0 Å². The SMILES string of the molecule is COc1ccc2c(c1)CCCC2CN=C(N)NC(C)(C)C. The van der Waals surface area contributed by atoms with Crippen molar-refractivity contribution >= 4 is 5.96 Å². The number of aliphatic imine (C=N–C) groups is 1. The fraction of sp³-hybridized carbons (Fsp3) is 0.588. The summed E-state index contributed by atoms with van der Waals surface area (Å²) in [5, 5.41) is 3.21. The third-order valence-corrected chi connectivity index (χ3v) is 3.77. The van der Waals surface area contributed by atoms with E-state index in [4.69, 9.17) is 10.5 Å². The molecule has 0 saturated heterocycles. The van der Waals surface area contributed by atoms with Crippen LogP contribution in [0, 0.1) is 0 Å². The van der Waals surface area contributed by atoms with Crippen LogP contribution in [-0.4, -0.2) is 25.2 Å². The Kier molecular flexibility index (Phi) is 4.76. The lowest BCUT2D eigenvalue weighted by Gasteiger charge is -2.25. The number of fused-ring (bicyclic) bond motifs is 1. The smallest absolute Gasteiger partial charge is 0.189 e. The lowest BCUT2D eigenvalue weighted by molar-refractivity contribution is 0.413. The van der Waals surface area contributed by atoms with Gasteiger partial charge >= 0.3 is 0 Å². The van der Waals surface area contributed by atoms with Crippen LogP contribution in [0.4, 0.5) is 0 Å². The van der Waals surface area contributed by atoms with Crippen molar-refractivity contribution < 1.29 is 4.74 Å². The molecule has 0 aromatic heterocycles. The Morgan fingerprint density at radius 3 is 2.86 bits per heavy atom. The molecule has 0 spiro atoms. The molecule has 0 heterocycles. The summed E-state index contributed by atoms with van der Waals surface area (Å²) >= 11 is 0. The van der Waals surface area contributed by atoms with Gasteiger partial charge in [-0.25, -0.2) is 0 Å². The molecule has 1 unspecified atom stereocenters. The topological polar surface area (TPSA) is 59.6 Å². The van der Waals surface area contributed by atoms with E-state index in [0.717, 1.165) is 18.7 Å². The molecule has 3 N–H and O–H groups in total. The maximum atomic E-state index is 5.96. The average Bonchev–Trinajstić information content (AvgIpc) is 2.42. The van der Waals surface area contributed by atoms with Gasteiger partial charge in [-0.15, -0.1) is 0 Å². The van der Waals surface area contributed by atoms with Crippen molar-refractivity contribution in [2.75, 3.05) is 13.7 Å². The van der Waals surface area contributed by atoms with Gasteiger partial charge in [-0.2, -0.15) is 0 Å². The summed E-state index contributed by atoms with van der Waals surface area (Å²) in [5.74, 6) is 1.93. The molecule has 21 heavy (non-hydrogen) atoms. The molecule has 0 saturated carbocycles. The number of rotatable bonds is 3. The van der Waals surface area contributed by atoms with E-state index in [-0.39, 0.29) is 5.54 Å². The molecule has 1 aromatic carbocycles. The minimum atomic E-state index is -0.0502. The second kappa shape index (κ2) is 6.37. The van der Waals surface area contributed by atoms with Crippen LogP contribution in [0.5, 0.6) is 5.75 Å². The van der Waals surface area contributed by atoms with Gasteiger partial charge < -0.3 is 15.8 Å². The summed E-state index contributed by atoms with van der Waals surface area (Å²) in [6.07, 6.45) is 3.50. The van der Waals surface area contributed by atoms with Crippen LogP contribution < -0.4 is 15.8 Å². The molecule has 1 aliphatic carbocycles. The summed E-state index contributed by atoms with van der Waals surface area (Å²) in [6.45, 7) is 6.99. The molecule has 0 aliphatic heterocycles. The van der Waals surface area contributed by atoms with E-state index in [0.29, 0.717) is 11.9 Å². The fourth-order valence-electron chi connectivity index (χ4n) is 2.84. The van der Waals surface area contributed by atoms with Crippen LogP contribution in [0.1, 0.15) is 50.7 Å². The second-order valence-corrected chi connectivity index (χ2v) is 6.75. The Hall–Kier alpha value is -1.71. The van der Waals surface area contributed by atoms with Crippen LogP contribution in [0.15, 0.2) is 23.2 Å². The summed E-state index contributed by atoms with van der Waals surface area (Å²) < 4.78 is 5.31. The third-order valence-electron chi connectivity index (χ3n) is 3.77. The van der Waals surface area contributed by atoms with E-state index >= 15 is 0 Å². The average molecular weight is 289 g/mol. The molecule has 1 aliphatic rings. The summed E-state index contributed by atoms with van der Waals surface area (Å²) in [6, 6.07) is 6.38. The van der Waals surface area contributed by atoms with Gasteiger partial charge in [0.05, 0.1) is 7.11 Å². The number of hydrogen-bond acceptors (Lipinski definition) is 2. The van der Waals surface area contributed by atoms with E-state index in [1.165, 1.54) is 24.0 Å². The molecular weight excluding hydrogens is 262 g/mol. The number of aryl methyl sites for hydroxylation is 1. The minimum Gasteiger partial charge on any atom is -0.497 e. The van der Waals surface area contributed by atoms with Gasteiger partial charge in [0, 0.05) is 18.0 Å². The lowest BCUT2D eigenvalue weighted by atomic mass is 9.83. The van der Waals surface area contributed by atoms with Crippen molar-refractivity contribution in [1.82, 2.24) is 5.32 Å². The number of nitrogens with one attached hydrogen (secondary N) is 1. The highest BCUT2D eigenvalue weighted by Gasteiger charge is 2.20. The quantitative estimate of drug-likeness (QED) is 0.664. The molecule has 4 nitrogen and oxygen atoms in total. The van der Waals surface area contributed by atoms with E-state index < -0.39 is 0 Å². The van der Waals surface area contributed by atoms with Gasteiger partial charge in [-0.1, -0.05) is 6.07 Å². The molecule has 0 bridgehead atoms. The molecule has 4 heteroatoms. The molecule has 1 atom stereocenters. The highest BCUT2D eigenvalue weighted by Crippen LogP contribution is 2.33. The predicted octanol–water partition coefficient (Wildman–Crippen LogP) is 2.82. The first-order valence-electron chi connectivity index (χ1n) is 7.64. The number of nitrogens with zero attached hydrogens (tertiary/aromatic N) is 1. The van der Waals surface area contributed by atoms with Gasteiger partial charge in [0.15, 0.2) is 5.96 Å². The van der Waals surface area contributed by atoms with E-state index in [9.17, 15) is 0 Å². The van der Waals surface area contributed by atoms with Crippen LogP contribution in [0.25, 0.3) is 0 Å². The standard InChI is InChI=1S/C17H27N3O/c1-17(2,3)20-16(18)19-11-13-7-5-6-12-10-14(21-4)8-9-15(12)13/h8-10,13H,5-7,11H2,1-4H3,(H3,18,19,20). The van der Waals surface area contributed by atoms with E-state index in [1.54, 1.807) is 7.11 Å². The minimum absolute atomic E-state index is 0.0502. The summed E-state index contributed by atoms with van der Waals surface area (Å²) in [5.41, 5.74) is 8.70. The van der Waals surface area contributed by atoms with Gasteiger partial charge in [-0.3, -0.25) is 4.99 Å². The van der Waals surface area contributed by atoms with Crippen molar-refractivity contribution in [3.63, 3.8) is 0 Å². The van der Waals surface area contributed by atoms with Crippen LogP contribution in [0.3, 0.4) is 0 Å². The first-order valence-corrected chi connectivity index (χ1v) is 7.64. The van der Waals surface area contributed by atoms with E-state index in [2.05, 4.69) is 43.2 Å². The summed E-state index contributed by atoms with van der Waals surface area (Å²) in [7, 11) is 1.71. The maximum Gasteiger partial charge on any atom is 0.189 e. The number of guanidine groups is 1. The van der Waals surface area contributed by atoms with Gasteiger partial charge in [0.1, 0.15) is 5.75 Å². The first-order chi connectivity index (χ1) is 9.89. The third kappa shape index (κ3) is 4.38. The Bertz CT molecular complexity index is 517. The first kappa shape index (κ1) is 15.7. The number of ether oxygens (including phenoxy) is 1. The Labute approximate surface area is 127 Å². The Morgan fingerprint density at radius 1 is 1.43 bits per heavy atom. The fourth-order valence-corrected chi connectivity index (χ4v) is 2.84. The normalized spacial score (nSPS) is 19.0. The van der Waals surface area contributed by atoms with Gasteiger partial charge in [0.25, 0.3) is 0 Å². The highest BCUT2D eigenvalue weighted by molar-refractivity contribution is 5.78. The second-order valence-electron chi connectivity index (χ2n) is 6.75. The highest BCUT2D eigenvalue weighted by atomic mass is 16.5. The summed E-state index contributed by atoms with van der Waals surface area (Å²) in [4.78, 5) is 4.53. The number of methoxy groups -OCH3 is 1. The lowest BCUT2D eigenvalue weighted by Crippen LogP contribution is -2.45. The Morgan fingerprint density at radius 2 is 2.19 bits per heavy atom. The zero-order valence-corrected chi connectivity index (χ0v) is 13.6. The van der Waals surface area contributed by atoms with Gasteiger partial charge in [-0.05, 0) is 63.3 Å². The van der Waals surface area contributed by atoms with Crippen molar-refractivity contribution in [2.24, 2.45) is 10.7 Å². The molecular formula is C17H27N3O. The van der Waals surface area contributed by atoms with Crippen LogP contribution in [0.2, 0.25) is 0 Å². The molecule has 1 aromatic rings. The molecule has 0 amide bonds. The maximum absolute atomic E-state index is 5.96. The van der Waals surface area contributed by atoms with Crippen molar-refractivity contribution in [2.45, 2.75) is 51.5 Å². The molecule has 2 rings (SSSR count). The van der Waals surface area contributed by atoms with Crippen molar-refractivity contribution in [3.8, 4) is 5.75 Å². The molecule has 0 fully saturated rings.